The molecule has 0 aliphatic heterocycles. The number of carbonyl (C=O) groups is 2. The summed E-state index contributed by atoms with van der Waals surface area (Å²) in [5, 5.41) is 2.78. The van der Waals surface area contributed by atoms with Crippen molar-refractivity contribution in [3.63, 3.8) is 0 Å². The molecule has 1 fully saturated rings. The summed E-state index contributed by atoms with van der Waals surface area (Å²) in [6.45, 7) is 1.83. The van der Waals surface area contributed by atoms with E-state index in [1.54, 1.807) is 26.1 Å². The number of carbonyl (C=O) groups excluding carboxylic acids is 2. The number of likely N-dealkylation sites (N-methyl/N-ethyl adjacent to an activating group) is 1. The average molecular weight is 385 g/mol. The van der Waals surface area contributed by atoms with Crippen molar-refractivity contribution >= 4 is 27.7 Å². The molecule has 0 spiro atoms. The second kappa shape index (κ2) is 7.90. The summed E-state index contributed by atoms with van der Waals surface area (Å²) < 4.78 is 14.5. The summed E-state index contributed by atoms with van der Waals surface area (Å²) in [7, 11) is 1.61. The van der Waals surface area contributed by atoms with Crippen molar-refractivity contribution in [2.24, 2.45) is 5.92 Å². The number of hydrogen-bond acceptors (Lipinski definition) is 2. The number of rotatable bonds is 5. The van der Waals surface area contributed by atoms with Gasteiger partial charge in [0.25, 0.3) is 0 Å². The van der Waals surface area contributed by atoms with Gasteiger partial charge in [0.05, 0.1) is 0 Å². The highest BCUT2D eigenvalue weighted by molar-refractivity contribution is 9.10. The Labute approximate surface area is 144 Å². The van der Waals surface area contributed by atoms with Gasteiger partial charge in [-0.25, -0.2) is 4.39 Å². The maximum absolute atomic E-state index is 13.8. The maximum atomic E-state index is 13.8. The quantitative estimate of drug-likeness (QED) is 0.846. The Morgan fingerprint density at radius 2 is 2.04 bits per heavy atom. The van der Waals surface area contributed by atoms with Crippen LogP contribution in [0.2, 0.25) is 0 Å². The summed E-state index contributed by atoms with van der Waals surface area (Å²) in [4.78, 5) is 25.9. The highest BCUT2D eigenvalue weighted by Crippen LogP contribution is 2.24. The Kier molecular flexibility index (Phi) is 6.16. The van der Waals surface area contributed by atoms with Crippen molar-refractivity contribution in [2.45, 2.75) is 45.2 Å². The fourth-order valence-electron chi connectivity index (χ4n) is 2.91. The third-order valence-corrected chi connectivity index (χ3v) is 4.74. The molecule has 4 nitrogen and oxygen atoms in total. The van der Waals surface area contributed by atoms with E-state index in [9.17, 15) is 14.0 Å². The minimum Gasteiger partial charge on any atom is -0.344 e. The third kappa shape index (κ3) is 4.77. The molecule has 1 saturated carbocycles. The predicted molar refractivity (Wildman–Crippen MR) is 90.1 cm³/mol. The van der Waals surface area contributed by atoms with Gasteiger partial charge in [-0.05, 0) is 38.0 Å². The number of benzene rings is 1. The number of hydrogen-bond donors (Lipinski definition) is 1. The van der Waals surface area contributed by atoms with E-state index in [0.29, 0.717) is 5.56 Å². The van der Waals surface area contributed by atoms with Crippen LogP contribution in [0.5, 0.6) is 0 Å². The topological polar surface area (TPSA) is 49.4 Å². The zero-order valence-electron chi connectivity index (χ0n) is 13.4. The van der Waals surface area contributed by atoms with E-state index >= 15 is 0 Å². The van der Waals surface area contributed by atoms with Crippen LogP contribution < -0.4 is 5.32 Å². The first-order valence-corrected chi connectivity index (χ1v) is 8.67. The van der Waals surface area contributed by atoms with Crippen LogP contribution in [-0.4, -0.2) is 29.8 Å². The van der Waals surface area contributed by atoms with Gasteiger partial charge in [0.2, 0.25) is 11.8 Å². The fraction of sp³-hybridized carbons (Fsp3) is 0.529. The van der Waals surface area contributed by atoms with Gasteiger partial charge >= 0.3 is 0 Å². The molecule has 0 aromatic heterocycles. The summed E-state index contributed by atoms with van der Waals surface area (Å²) >= 11 is 3.30. The zero-order chi connectivity index (χ0) is 17.0. The molecule has 1 atom stereocenters. The van der Waals surface area contributed by atoms with E-state index < -0.39 is 6.04 Å². The van der Waals surface area contributed by atoms with Crippen molar-refractivity contribution in [3.8, 4) is 0 Å². The van der Waals surface area contributed by atoms with Crippen LogP contribution in [0.1, 0.15) is 38.2 Å². The van der Waals surface area contributed by atoms with E-state index in [1.807, 2.05) is 0 Å². The Morgan fingerprint density at radius 3 is 2.70 bits per heavy atom. The van der Waals surface area contributed by atoms with Crippen molar-refractivity contribution in [1.29, 1.82) is 0 Å². The zero-order valence-corrected chi connectivity index (χ0v) is 15.0. The second-order valence-electron chi connectivity index (χ2n) is 6.14. The Morgan fingerprint density at radius 1 is 1.39 bits per heavy atom. The molecule has 1 unspecified atom stereocenters. The van der Waals surface area contributed by atoms with Crippen molar-refractivity contribution < 1.29 is 14.0 Å². The summed E-state index contributed by atoms with van der Waals surface area (Å²) in [5.74, 6) is -0.602. The number of nitrogens with zero attached hydrogens (tertiary/aromatic N) is 1. The lowest BCUT2D eigenvalue weighted by molar-refractivity contribution is -0.136. The van der Waals surface area contributed by atoms with Crippen LogP contribution >= 0.6 is 15.9 Å². The van der Waals surface area contributed by atoms with Gasteiger partial charge in [0, 0.05) is 29.5 Å². The molecular formula is C17H22BrFN2O2. The normalized spacial score (nSPS) is 16.2. The average Bonchev–Trinajstić information content (AvgIpc) is 3.04. The standard InChI is InChI=1S/C17H22BrFN2O2/c1-11(20-16(22)12-5-3-4-6-12)17(23)21(2)10-13-9-14(18)7-8-15(13)19/h7-9,11-12H,3-6,10H2,1-2H3,(H,20,22). The van der Waals surface area contributed by atoms with E-state index in [-0.39, 0.29) is 30.1 Å². The molecular weight excluding hydrogens is 363 g/mol. The van der Waals surface area contributed by atoms with Crippen LogP contribution in [0, 0.1) is 11.7 Å². The van der Waals surface area contributed by atoms with Gasteiger partial charge in [-0.2, -0.15) is 0 Å². The molecule has 2 rings (SSSR count). The largest absolute Gasteiger partial charge is 0.344 e. The van der Waals surface area contributed by atoms with Crippen LogP contribution in [0.15, 0.2) is 22.7 Å². The first kappa shape index (κ1) is 17.9. The third-order valence-electron chi connectivity index (χ3n) is 4.25. The molecule has 2 amide bonds. The van der Waals surface area contributed by atoms with E-state index in [0.717, 1.165) is 30.2 Å². The lowest BCUT2D eigenvalue weighted by atomic mass is 10.1. The molecule has 1 N–H and O–H groups in total. The summed E-state index contributed by atoms with van der Waals surface area (Å²) in [5.41, 5.74) is 0.435. The second-order valence-corrected chi connectivity index (χ2v) is 7.06. The first-order chi connectivity index (χ1) is 10.9. The van der Waals surface area contributed by atoms with Crippen molar-refractivity contribution in [3.05, 3.63) is 34.1 Å². The molecule has 0 radical (unpaired) electrons. The van der Waals surface area contributed by atoms with Crippen LogP contribution in [0.25, 0.3) is 0 Å². The molecule has 1 aliphatic carbocycles. The minimum absolute atomic E-state index is 0.0260. The lowest BCUT2D eigenvalue weighted by Crippen LogP contribution is -2.46. The van der Waals surface area contributed by atoms with Crippen LogP contribution in [0.3, 0.4) is 0 Å². The van der Waals surface area contributed by atoms with Gasteiger partial charge in [0.1, 0.15) is 11.9 Å². The Hall–Kier alpha value is -1.43. The molecule has 23 heavy (non-hydrogen) atoms. The van der Waals surface area contributed by atoms with Crippen molar-refractivity contribution in [2.75, 3.05) is 7.05 Å². The molecule has 1 aliphatic rings. The van der Waals surface area contributed by atoms with Crippen LogP contribution in [-0.2, 0) is 16.1 Å². The van der Waals surface area contributed by atoms with E-state index in [1.165, 1.54) is 11.0 Å². The number of amides is 2. The molecule has 0 saturated heterocycles. The minimum atomic E-state index is -0.608. The van der Waals surface area contributed by atoms with Gasteiger partial charge in [-0.15, -0.1) is 0 Å². The number of halogens is 2. The predicted octanol–water partition coefficient (Wildman–Crippen LogP) is 3.24. The fourth-order valence-corrected chi connectivity index (χ4v) is 3.32. The summed E-state index contributed by atoms with van der Waals surface area (Å²) in [6.07, 6.45) is 3.93. The maximum Gasteiger partial charge on any atom is 0.244 e. The number of nitrogens with one attached hydrogen (secondary N) is 1. The molecule has 0 heterocycles. The molecule has 0 bridgehead atoms. The Balaban J connectivity index is 1.92. The van der Waals surface area contributed by atoms with E-state index in [4.69, 9.17) is 0 Å². The molecule has 1 aromatic rings. The smallest absolute Gasteiger partial charge is 0.244 e. The SMILES string of the molecule is CC(NC(=O)C1CCCC1)C(=O)N(C)Cc1cc(Br)ccc1F. The molecule has 1 aromatic carbocycles. The Bertz CT molecular complexity index is 588. The van der Waals surface area contributed by atoms with E-state index in [2.05, 4.69) is 21.2 Å². The first-order valence-electron chi connectivity index (χ1n) is 7.87. The van der Waals surface area contributed by atoms with Crippen molar-refractivity contribution in [1.82, 2.24) is 10.2 Å². The molecule has 6 heteroatoms. The van der Waals surface area contributed by atoms with Crippen LogP contribution in [0.4, 0.5) is 4.39 Å². The van der Waals surface area contributed by atoms with Gasteiger partial charge in [-0.1, -0.05) is 28.8 Å². The van der Waals surface area contributed by atoms with Gasteiger partial charge < -0.3 is 10.2 Å². The van der Waals surface area contributed by atoms with Gasteiger partial charge in [-0.3, -0.25) is 9.59 Å². The lowest BCUT2D eigenvalue weighted by Gasteiger charge is -2.23. The highest BCUT2D eigenvalue weighted by Gasteiger charge is 2.26. The van der Waals surface area contributed by atoms with Gasteiger partial charge in [0.15, 0.2) is 0 Å². The monoisotopic (exact) mass is 384 g/mol. The molecule has 126 valence electrons. The summed E-state index contributed by atoms with van der Waals surface area (Å²) in [6, 6.07) is 4.03. The highest BCUT2D eigenvalue weighted by atomic mass is 79.9.